The van der Waals surface area contributed by atoms with Gasteiger partial charge in [0.1, 0.15) is 35.2 Å². The van der Waals surface area contributed by atoms with Gasteiger partial charge >= 0.3 is 0 Å². The molecule has 0 radical (unpaired) electrons. The molecule has 0 spiro atoms. The van der Waals surface area contributed by atoms with E-state index in [-0.39, 0.29) is 23.3 Å². The molecule has 10 heteroatoms. The fourth-order valence-corrected chi connectivity index (χ4v) is 4.95. The Morgan fingerprint density at radius 2 is 1.92 bits per heavy atom. The Bertz CT molecular complexity index is 1620. The van der Waals surface area contributed by atoms with Crippen molar-refractivity contribution >= 4 is 22.8 Å². The molecule has 2 aromatic heterocycles. The van der Waals surface area contributed by atoms with E-state index >= 15 is 0 Å². The van der Waals surface area contributed by atoms with Crippen LogP contribution in [0.2, 0.25) is 0 Å². The summed E-state index contributed by atoms with van der Waals surface area (Å²) < 4.78 is 21.5. The molecule has 1 amide bonds. The van der Waals surface area contributed by atoms with Crippen molar-refractivity contribution in [2.24, 2.45) is 5.92 Å². The summed E-state index contributed by atoms with van der Waals surface area (Å²) >= 11 is 0. The van der Waals surface area contributed by atoms with E-state index in [4.69, 9.17) is 15.6 Å². The summed E-state index contributed by atoms with van der Waals surface area (Å²) in [6, 6.07) is 15.3. The number of carbonyl (C=O) groups excluding carboxylic acids is 1. The third-order valence-corrected chi connectivity index (χ3v) is 7.12. The maximum atomic E-state index is 14.0. The largest absolute Gasteiger partial charge is 0.454 e. The molecule has 3 heterocycles. The summed E-state index contributed by atoms with van der Waals surface area (Å²) in [7, 11) is 0. The fraction of sp³-hybridized carbons (Fsp3) is 0.276. The van der Waals surface area contributed by atoms with Gasteiger partial charge in [-0.1, -0.05) is 18.2 Å². The van der Waals surface area contributed by atoms with Gasteiger partial charge in [-0.05, 0) is 68.0 Å². The van der Waals surface area contributed by atoms with Crippen LogP contribution in [0.1, 0.15) is 31.7 Å². The molecule has 4 aromatic rings. The Kier molecular flexibility index (Phi) is 6.40. The van der Waals surface area contributed by atoms with Crippen LogP contribution < -0.4 is 10.5 Å². The number of carbonyl (C=O) groups is 1. The molecular formula is C29H26FN7O2. The molecule has 1 aliphatic carbocycles. The zero-order chi connectivity index (χ0) is 26.9. The zero-order valence-corrected chi connectivity index (χ0v) is 21.1. The minimum Gasteiger partial charge on any atom is -0.454 e. The highest BCUT2D eigenvalue weighted by Gasteiger charge is 2.31. The Morgan fingerprint density at radius 1 is 1.13 bits per heavy atom. The van der Waals surface area contributed by atoms with Crippen molar-refractivity contribution < 1.29 is 13.9 Å². The van der Waals surface area contributed by atoms with Crippen molar-refractivity contribution in [1.82, 2.24) is 24.6 Å². The SMILES string of the molecule is N#CC(=CC1CC1)C(=O)N1CCC[C@H](n2nc(-c3ccc(Oc4ccccc4F)cc3)c3c(N)ncnc32)C1. The zero-order valence-electron chi connectivity index (χ0n) is 21.1. The van der Waals surface area contributed by atoms with Gasteiger partial charge in [0.15, 0.2) is 17.2 Å². The number of nitriles is 1. The lowest BCUT2D eigenvalue weighted by atomic mass is 10.0. The van der Waals surface area contributed by atoms with E-state index in [1.807, 2.05) is 16.8 Å². The molecule has 1 atom stereocenters. The van der Waals surface area contributed by atoms with Crippen molar-refractivity contribution in [3.8, 4) is 28.8 Å². The molecule has 1 saturated carbocycles. The first kappa shape index (κ1) is 24.6. The first-order valence-corrected chi connectivity index (χ1v) is 12.9. The van der Waals surface area contributed by atoms with E-state index in [2.05, 4.69) is 16.0 Å². The Balaban J connectivity index is 1.30. The van der Waals surface area contributed by atoms with Gasteiger partial charge in [0, 0.05) is 18.7 Å². The summed E-state index contributed by atoms with van der Waals surface area (Å²) in [6.45, 7) is 1.00. The molecular weight excluding hydrogens is 497 g/mol. The second-order valence-corrected chi connectivity index (χ2v) is 9.88. The number of rotatable bonds is 6. The molecule has 0 unspecified atom stereocenters. The van der Waals surface area contributed by atoms with Crippen LogP contribution in [-0.4, -0.2) is 43.6 Å². The second-order valence-electron chi connectivity index (χ2n) is 9.88. The molecule has 1 aliphatic heterocycles. The third-order valence-electron chi connectivity index (χ3n) is 7.12. The average Bonchev–Trinajstić information content (AvgIpc) is 3.70. The molecule has 2 N–H and O–H groups in total. The highest BCUT2D eigenvalue weighted by molar-refractivity contribution is 5.99. The standard InChI is InChI=1S/C29H26FN7O2/c30-23-5-1-2-6-24(23)39-22-11-9-19(10-12-22)26-25-27(32)33-17-34-28(25)37(35-26)21-4-3-13-36(16-21)29(38)20(15-31)14-18-7-8-18/h1-2,5-6,9-12,14,17-18,21H,3-4,7-8,13,16H2,(H2,32,33,34)/t21-/m0/s1. The maximum Gasteiger partial charge on any atom is 0.264 e. The molecule has 9 nitrogen and oxygen atoms in total. The summed E-state index contributed by atoms with van der Waals surface area (Å²) in [5.74, 6) is 0.582. The summed E-state index contributed by atoms with van der Waals surface area (Å²) in [6.07, 6.45) is 6.84. The number of nitrogen functional groups attached to an aromatic ring is 1. The van der Waals surface area contributed by atoms with Gasteiger partial charge in [0.25, 0.3) is 5.91 Å². The predicted molar refractivity (Wildman–Crippen MR) is 143 cm³/mol. The summed E-state index contributed by atoms with van der Waals surface area (Å²) in [5, 5.41) is 15.1. The predicted octanol–water partition coefficient (Wildman–Crippen LogP) is 5.03. The van der Waals surface area contributed by atoms with Crippen molar-refractivity contribution in [3.05, 3.63) is 72.3 Å². The van der Waals surface area contributed by atoms with Gasteiger partial charge in [-0.3, -0.25) is 4.79 Å². The highest BCUT2D eigenvalue weighted by atomic mass is 19.1. The smallest absolute Gasteiger partial charge is 0.264 e. The number of likely N-dealkylation sites (tertiary alicyclic amines) is 1. The fourth-order valence-electron chi connectivity index (χ4n) is 4.95. The molecule has 2 aliphatic rings. The number of halogens is 1. The number of amides is 1. The number of benzene rings is 2. The van der Waals surface area contributed by atoms with Gasteiger partial charge in [-0.25, -0.2) is 19.0 Å². The number of hydrogen-bond acceptors (Lipinski definition) is 7. The monoisotopic (exact) mass is 523 g/mol. The number of nitrogens with zero attached hydrogens (tertiary/aromatic N) is 6. The lowest BCUT2D eigenvalue weighted by Crippen LogP contribution is -2.41. The average molecular weight is 524 g/mol. The molecule has 0 bridgehead atoms. The number of aromatic nitrogens is 4. The van der Waals surface area contributed by atoms with Crippen LogP contribution in [0.3, 0.4) is 0 Å². The lowest BCUT2D eigenvalue weighted by Gasteiger charge is -2.32. The van der Waals surface area contributed by atoms with E-state index in [0.717, 1.165) is 31.2 Å². The van der Waals surface area contributed by atoms with Gasteiger partial charge in [-0.2, -0.15) is 10.4 Å². The van der Waals surface area contributed by atoms with Gasteiger partial charge in [-0.15, -0.1) is 0 Å². The summed E-state index contributed by atoms with van der Waals surface area (Å²) in [4.78, 5) is 23.5. The summed E-state index contributed by atoms with van der Waals surface area (Å²) in [5.41, 5.74) is 8.46. The van der Waals surface area contributed by atoms with E-state index < -0.39 is 5.82 Å². The quantitative estimate of drug-likeness (QED) is 0.278. The Labute approximate surface area is 224 Å². The number of allylic oxidation sites excluding steroid dienone is 1. The number of anilines is 1. The van der Waals surface area contributed by atoms with Crippen LogP contribution in [0.15, 0.2) is 66.5 Å². The van der Waals surface area contributed by atoms with Gasteiger partial charge in [0.05, 0.1) is 11.4 Å². The molecule has 2 aromatic carbocycles. The minimum absolute atomic E-state index is 0.139. The molecule has 1 saturated heterocycles. The minimum atomic E-state index is -0.443. The van der Waals surface area contributed by atoms with Crippen LogP contribution >= 0.6 is 0 Å². The number of ether oxygens (including phenoxy) is 1. The van der Waals surface area contributed by atoms with Crippen LogP contribution in [-0.2, 0) is 4.79 Å². The van der Waals surface area contributed by atoms with Crippen LogP contribution in [0, 0.1) is 23.1 Å². The van der Waals surface area contributed by atoms with E-state index in [9.17, 15) is 14.4 Å². The second kappa shape index (κ2) is 10.2. The topological polar surface area (TPSA) is 123 Å². The molecule has 39 heavy (non-hydrogen) atoms. The normalized spacial score (nSPS) is 17.7. The Hall–Kier alpha value is -4.78. The van der Waals surface area contributed by atoms with E-state index in [1.165, 1.54) is 12.4 Å². The van der Waals surface area contributed by atoms with Crippen LogP contribution in [0.5, 0.6) is 11.5 Å². The highest BCUT2D eigenvalue weighted by Crippen LogP contribution is 2.36. The first-order chi connectivity index (χ1) is 19.0. The molecule has 6 rings (SSSR count). The van der Waals surface area contributed by atoms with E-state index in [1.54, 1.807) is 41.3 Å². The number of piperidine rings is 1. The number of nitrogens with two attached hydrogens (primary N) is 1. The third kappa shape index (κ3) is 4.91. The van der Waals surface area contributed by atoms with Crippen LogP contribution in [0.25, 0.3) is 22.3 Å². The van der Waals surface area contributed by atoms with Crippen molar-refractivity contribution in [1.29, 1.82) is 5.26 Å². The number of fused-ring (bicyclic) bond motifs is 1. The lowest BCUT2D eigenvalue weighted by molar-refractivity contribution is -0.128. The number of para-hydroxylation sites is 1. The number of hydrogen-bond donors (Lipinski definition) is 1. The maximum absolute atomic E-state index is 14.0. The van der Waals surface area contributed by atoms with Crippen molar-refractivity contribution in [2.75, 3.05) is 18.8 Å². The van der Waals surface area contributed by atoms with Crippen LogP contribution in [0.4, 0.5) is 10.2 Å². The first-order valence-electron chi connectivity index (χ1n) is 12.9. The van der Waals surface area contributed by atoms with Crippen molar-refractivity contribution in [3.63, 3.8) is 0 Å². The van der Waals surface area contributed by atoms with E-state index in [0.29, 0.717) is 47.3 Å². The van der Waals surface area contributed by atoms with Gasteiger partial charge in [0.2, 0.25) is 0 Å². The van der Waals surface area contributed by atoms with Gasteiger partial charge < -0.3 is 15.4 Å². The Morgan fingerprint density at radius 3 is 2.67 bits per heavy atom. The molecule has 2 fully saturated rings. The molecule has 196 valence electrons. The van der Waals surface area contributed by atoms with Crippen molar-refractivity contribution in [2.45, 2.75) is 31.7 Å².